The molecule has 0 heterocycles. The zero-order valence-electron chi connectivity index (χ0n) is 15.0. The summed E-state index contributed by atoms with van der Waals surface area (Å²) < 4.78 is 0. The Hall–Kier alpha value is -2.63. The first kappa shape index (κ1) is 19.7. The van der Waals surface area contributed by atoms with Gasteiger partial charge in [-0.1, -0.05) is 24.6 Å². The molecule has 0 fully saturated rings. The maximum absolute atomic E-state index is 11.8. The summed E-state index contributed by atoms with van der Waals surface area (Å²) >= 11 is 0. The van der Waals surface area contributed by atoms with E-state index in [9.17, 15) is 14.7 Å². The largest absolute Gasteiger partial charge is 0.506 e. The first-order valence-corrected chi connectivity index (χ1v) is 9.24. The van der Waals surface area contributed by atoms with Crippen LogP contribution in [0.25, 0.3) is 0 Å². The molecule has 0 unspecified atom stereocenters. The molecule has 0 aromatic heterocycles. The first-order chi connectivity index (χ1) is 12.6. The lowest BCUT2D eigenvalue weighted by Crippen LogP contribution is -2.17. The van der Waals surface area contributed by atoms with E-state index in [1.54, 1.807) is 24.4 Å². The summed E-state index contributed by atoms with van der Waals surface area (Å²) in [6, 6.07) is 6.64. The molecular weight excluding hydrogens is 330 g/mol. The Labute approximate surface area is 154 Å². The predicted octanol–water partition coefficient (Wildman–Crippen LogP) is 3.88. The Morgan fingerprint density at radius 3 is 2.58 bits per heavy atom. The molecule has 26 heavy (non-hydrogen) atoms. The van der Waals surface area contributed by atoms with Crippen LogP contribution in [0.5, 0.6) is 5.75 Å². The number of rotatable bonds is 9. The number of aromatic hydroxyl groups is 1. The minimum atomic E-state index is -0.138. The highest BCUT2D eigenvalue weighted by molar-refractivity contribution is 5.92. The van der Waals surface area contributed by atoms with Gasteiger partial charge in [-0.05, 0) is 56.2 Å². The number of benzene rings is 1. The molecule has 0 radical (unpaired) electrons. The van der Waals surface area contributed by atoms with Crippen LogP contribution in [0.15, 0.2) is 41.0 Å². The SMILES string of the molecule is O=C(CCCCCC(=O)Nc1ccccc1O)N/N=C/C1=CCCCC1. The van der Waals surface area contributed by atoms with Crippen LogP contribution >= 0.6 is 0 Å². The van der Waals surface area contributed by atoms with E-state index in [1.165, 1.54) is 24.5 Å². The van der Waals surface area contributed by atoms with Gasteiger partial charge in [0.1, 0.15) is 5.75 Å². The molecule has 0 spiro atoms. The van der Waals surface area contributed by atoms with Crippen LogP contribution in [0.1, 0.15) is 57.8 Å². The molecule has 6 nitrogen and oxygen atoms in total. The summed E-state index contributed by atoms with van der Waals surface area (Å²) in [4.78, 5) is 23.5. The Kier molecular flexibility index (Phi) is 8.39. The highest BCUT2D eigenvalue weighted by Gasteiger charge is 2.06. The van der Waals surface area contributed by atoms with Crippen molar-refractivity contribution in [3.8, 4) is 5.75 Å². The number of unbranched alkanes of at least 4 members (excludes halogenated alkanes) is 2. The second kappa shape index (κ2) is 11.1. The van der Waals surface area contributed by atoms with Crippen molar-refractivity contribution in [2.45, 2.75) is 57.8 Å². The van der Waals surface area contributed by atoms with Gasteiger partial charge in [0.05, 0.1) is 11.9 Å². The topological polar surface area (TPSA) is 90.8 Å². The molecule has 0 saturated heterocycles. The van der Waals surface area contributed by atoms with Crippen LogP contribution in [0.2, 0.25) is 0 Å². The molecule has 1 aliphatic carbocycles. The minimum Gasteiger partial charge on any atom is -0.506 e. The van der Waals surface area contributed by atoms with E-state index in [1.807, 2.05) is 0 Å². The summed E-state index contributed by atoms with van der Waals surface area (Å²) in [6.45, 7) is 0. The van der Waals surface area contributed by atoms with Crippen LogP contribution < -0.4 is 10.7 Å². The summed E-state index contributed by atoms with van der Waals surface area (Å²) in [5.74, 6) is -0.181. The average Bonchev–Trinajstić information content (AvgIpc) is 2.64. The molecule has 0 bridgehead atoms. The van der Waals surface area contributed by atoms with Gasteiger partial charge in [0.15, 0.2) is 0 Å². The number of carbonyl (C=O) groups excluding carboxylic acids is 2. The third kappa shape index (κ3) is 7.51. The Balaban J connectivity index is 1.53. The monoisotopic (exact) mass is 357 g/mol. The second-order valence-electron chi connectivity index (χ2n) is 6.44. The lowest BCUT2D eigenvalue weighted by molar-refractivity contribution is -0.121. The maximum atomic E-state index is 11.8. The third-order valence-corrected chi connectivity index (χ3v) is 4.23. The minimum absolute atomic E-state index is 0.0575. The molecule has 2 amide bonds. The number of anilines is 1. The number of para-hydroxylation sites is 2. The number of hydrogen-bond acceptors (Lipinski definition) is 4. The van der Waals surface area contributed by atoms with Gasteiger partial charge < -0.3 is 10.4 Å². The van der Waals surface area contributed by atoms with E-state index in [2.05, 4.69) is 21.9 Å². The van der Waals surface area contributed by atoms with Gasteiger partial charge in [-0.2, -0.15) is 5.10 Å². The number of nitrogens with one attached hydrogen (secondary N) is 2. The number of nitrogens with zero attached hydrogens (tertiary/aromatic N) is 1. The van der Waals surface area contributed by atoms with Gasteiger partial charge in [-0.15, -0.1) is 0 Å². The van der Waals surface area contributed by atoms with Gasteiger partial charge in [-0.3, -0.25) is 9.59 Å². The fourth-order valence-corrected chi connectivity index (χ4v) is 2.76. The molecule has 1 aromatic carbocycles. The first-order valence-electron chi connectivity index (χ1n) is 9.24. The molecule has 3 N–H and O–H groups in total. The Bertz CT molecular complexity index is 668. The van der Waals surface area contributed by atoms with E-state index < -0.39 is 0 Å². The van der Waals surface area contributed by atoms with Gasteiger partial charge in [-0.25, -0.2) is 5.43 Å². The van der Waals surface area contributed by atoms with Crippen molar-refractivity contribution in [2.24, 2.45) is 5.10 Å². The van der Waals surface area contributed by atoms with Crippen LogP contribution in [0.4, 0.5) is 5.69 Å². The summed E-state index contributed by atoms with van der Waals surface area (Å²) in [7, 11) is 0. The molecule has 140 valence electrons. The number of phenols is 1. The summed E-state index contributed by atoms with van der Waals surface area (Å²) in [5, 5.41) is 16.3. The fraction of sp³-hybridized carbons (Fsp3) is 0.450. The highest BCUT2D eigenvalue weighted by Crippen LogP contribution is 2.21. The predicted molar refractivity (Wildman–Crippen MR) is 103 cm³/mol. The van der Waals surface area contributed by atoms with Crippen molar-refractivity contribution in [3.05, 3.63) is 35.9 Å². The van der Waals surface area contributed by atoms with Crippen molar-refractivity contribution in [3.63, 3.8) is 0 Å². The zero-order valence-corrected chi connectivity index (χ0v) is 15.0. The van der Waals surface area contributed by atoms with Crippen LogP contribution in [0.3, 0.4) is 0 Å². The Morgan fingerprint density at radius 1 is 1.08 bits per heavy atom. The average molecular weight is 357 g/mol. The second-order valence-corrected chi connectivity index (χ2v) is 6.44. The third-order valence-electron chi connectivity index (χ3n) is 4.23. The number of hydrazone groups is 1. The smallest absolute Gasteiger partial charge is 0.240 e. The standard InChI is InChI=1S/C20H27N3O3/c24-18-12-8-7-11-17(18)22-19(25)13-5-2-6-14-20(26)23-21-15-16-9-3-1-4-10-16/h7-9,11-12,15,24H,1-6,10,13-14H2,(H,22,25)(H,23,26)/b21-15+. The van der Waals surface area contributed by atoms with Gasteiger partial charge in [0.25, 0.3) is 0 Å². The number of allylic oxidation sites excluding steroid dienone is 2. The lowest BCUT2D eigenvalue weighted by Gasteiger charge is -2.07. The van der Waals surface area contributed by atoms with E-state index in [0.29, 0.717) is 31.4 Å². The van der Waals surface area contributed by atoms with Gasteiger partial charge >= 0.3 is 0 Å². The van der Waals surface area contributed by atoms with Crippen molar-refractivity contribution in [1.82, 2.24) is 5.43 Å². The molecule has 0 aliphatic heterocycles. The number of amides is 2. The maximum Gasteiger partial charge on any atom is 0.240 e. The highest BCUT2D eigenvalue weighted by atomic mass is 16.3. The van der Waals surface area contributed by atoms with Crippen molar-refractivity contribution in [2.75, 3.05) is 5.32 Å². The van der Waals surface area contributed by atoms with E-state index >= 15 is 0 Å². The molecule has 0 atom stereocenters. The molecule has 2 rings (SSSR count). The molecule has 1 aromatic rings. The van der Waals surface area contributed by atoms with E-state index in [4.69, 9.17) is 0 Å². The van der Waals surface area contributed by atoms with Crippen molar-refractivity contribution in [1.29, 1.82) is 0 Å². The van der Waals surface area contributed by atoms with Gasteiger partial charge in [0.2, 0.25) is 11.8 Å². The Morgan fingerprint density at radius 2 is 1.85 bits per heavy atom. The number of carbonyl (C=O) groups is 2. The van der Waals surface area contributed by atoms with E-state index in [-0.39, 0.29) is 17.6 Å². The normalized spacial score (nSPS) is 14.1. The van der Waals surface area contributed by atoms with E-state index in [0.717, 1.165) is 19.3 Å². The van der Waals surface area contributed by atoms with Crippen molar-refractivity contribution >= 4 is 23.7 Å². The van der Waals surface area contributed by atoms with Crippen LogP contribution in [-0.2, 0) is 9.59 Å². The number of phenolic OH excluding ortho intramolecular Hbond substituents is 1. The summed E-state index contributed by atoms with van der Waals surface area (Å²) in [6.07, 6.45) is 11.4. The lowest BCUT2D eigenvalue weighted by atomic mass is 10.0. The van der Waals surface area contributed by atoms with Crippen LogP contribution in [0, 0.1) is 0 Å². The molecule has 1 aliphatic rings. The van der Waals surface area contributed by atoms with Crippen LogP contribution in [-0.4, -0.2) is 23.1 Å². The molecule has 0 saturated carbocycles. The fourth-order valence-electron chi connectivity index (χ4n) is 2.76. The molecular formula is C20H27N3O3. The summed E-state index contributed by atoms with van der Waals surface area (Å²) in [5.41, 5.74) is 4.16. The molecule has 6 heteroatoms. The van der Waals surface area contributed by atoms with Crippen molar-refractivity contribution < 1.29 is 14.7 Å². The van der Waals surface area contributed by atoms with Gasteiger partial charge in [0, 0.05) is 12.8 Å². The quantitative estimate of drug-likeness (QED) is 0.271. The zero-order chi connectivity index (χ0) is 18.6. The number of hydrogen-bond donors (Lipinski definition) is 3.